The van der Waals surface area contributed by atoms with Gasteiger partial charge in [-0.05, 0) is 56.3 Å². The number of nitrogens with two attached hydrogens (primary N) is 4. The molecule has 0 unspecified atom stereocenters. The molecule has 0 bridgehead atoms. The van der Waals surface area contributed by atoms with Gasteiger partial charge < -0.3 is 64.6 Å². The maximum Gasteiger partial charge on any atom is 0.326 e. The number of aromatic hydroxyl groups is 1. The number of phenols is 1. The van der Waals surface area contributed by atoms with Crippen LogP contribution in [0.3, 0.4) is 0 Å². The number of nitrogens with one attached hydrogen (secondary N) is 4. The molecule has 1 aromatic carbocycles. The summed E-state index contributed by atoms with van der Waals surface area (Å²) < 4.78 is 0. The van der Waals surface area contributed by atoms with E-state index < -0.39 is 84.6 Å². The van der Waals surface area contributed by atoms with Crippen LogP contribution >= 0.6 is 0 Å². The van der Waals surface area contributed by atoms with E-state index in [1.807, 2.05) is 0 Å². The Kier molecular flexibility index (Phi) is 18.1. The van der Waals surface area contributed by atoms with E-state index in [0.717, 1.165) is 0 Å². The van der Waals surface area contributed by atoms with Crippen molar-refractivity contribution in [3.8, 4) is 5.75 Å². The molecule has 20 nitrogen and oxygen atoms in total. The zero-order chi connectivity index (χ0) is 37.1. The lowest BCUT2D eigenvalue weighted by Gasteiger charge is -2.26. The number of hydrogen-bond donors (Lipinski definition) is 12. The normalized spacial score (nSPS) is 13.8. The van der Waals surface area contributed by atoms with Crippen LogP contribution < -0.4 is 44.2 Å². The number of aliphatic carboxylic acids is 3. The van der Waals surface area contributed by atoms with Gasteiger partial charge in [-0.2, -0.15) is 0 Å². The second kappa shape index (κ2) is 21.4. The van der Waals surface area contributed by atoms with Crippen molar-refractivity contribution >= 4 is 47.5 Å². The molecule has 16 N–H and O–H groups in total. The second-order valence-electron chi connectivity index (χ2n) is 11.0. The van der Waals surface area contributed by atoms with Crippen LogP contribution in [0.25, 0.3) is 0 Å². The Hall–Kier alpha value is -5.50. The Morgan fingerprint density at radius 3 is 1.73 bits per heavy atom. The van der Waals surface area contributed by atoms with E-state index in [0.29, 0.717) is 24.8 Å². The molecule has 20 heteroatoms. The number of benzene rings is 1. The highest BCUT2D eigenvalue weighted by molar-refractivity contribution is 5.97. The predicted molar refractivity (Wildman–Crippen MR) is 172 cm³/mol. The average molecular weight is 696 g/mol. The number of carbonyl (C=O) groups excluding carboxylic acids is 4. The van der Waals surface area contributed by atoms with Gasteiger partial charge in [0, 0.05) is 13.0 Å². The lowest BCUT2D eigenvalue weighted by atomic mass is 10.0. The molecule has 1 rings (SSSR count). The maximum atomic E-state index is 13.6. The highest BCUT2D eigenvalue weighted by atomic mass is 16.4. The van der Waals surface area contributed by atoms with Gasteiger partial charge in [-0.1, -0.05) is 12.1 Å². The summed E-state index contributed by atoms with van der Waals surface area (Å²) in [6.07, 6.45) is -1.05. The SMILES string of the molecule is NCCCC[C@H](NC(=O)[C@H](Cc1ccc(O)cc1)NC(=O)[C@H](CC(=O)O)NC(=O)[C@@H](N)CCCN=C(N)N)C(=O)N[C@@H](CC(=O)O)C(=O)O. The van der Waals surface area contributed by atoms with E-state index in [2.05, 4.69) is 26.3 Å². The molecule has 0 saturated heterocycles. The van der Waals surface area contributed by atoms with Gasteiger partial charge >= 0.3 is 17.9 Å². The van der Waals surface area contributed by atoms with Gasteiger partial charge in [0.15, 0.2) is 5.96 Å². The molecule has 0 aromatic heterocycles. The minimum Gasteiger partial charge on any atom is -0.508 e. The summed E-state index contributed by atoms with van der Waals surface area (Å²) in [7, 11) is 0. The van der Waals surface area contributed by atoms with Crippen molar-refractivity contribution in [2.45, 2.75) is 81.6 Å². The highest BCUT2D eigenvalue weighted by Crippen LogP contribution is 2.13. The molecular formula is C29H45N9O11. The summed E-state index contributed by atoms with van der Waals surface area (Å²) in [5.74, 6) is -8.77. The van der Waals surface area contributed by atoms with Crippen molar-refractivity contribution < 1.29 is 54.0 Å². The summed E-state index contributed by atoms with van der Waals surface area (Å²) >= 11 is 0. The van der Waals surface area contributed by atoms with Crippen LogP contribution in [0.1, 0.15) is 50.5 Å². The minimum absolute atomic E-state index is 0.0488. The van der Waals surface area contributed by atoms with Crippen LogP contribution in [0, 0.1) is 0 Å². The molecule has 0 fully saturated rings. The Bertz CT molecular complexity index is 1340. The molecule has 0 saturated carbocycles. The number of amides is 4. The third-order valence-electron chi connectivity index (χ3n) is 6.90. The van der Waals surface area contributed by atoms with Crippen LogP contribution in [0.15, 0.2) is 29.3 Å². The lowest BCUT2D eigenvalue weighted by molar-refractivity contribution is -0.147. The molecule has 49 heavy (non-hydrogen) atoms. The molecule has 5 atom stereocenters. The van der Waals surface area contributed by atoms with Crippen molar-refractivity contribution in [2.24, 2.45) is 27.9 Å². The lowest BCUT2D eigenvalue weighted by Crippen LogP contribution is -2.59. The first-order valence-electron chi connectivity index (χ1n) is 15.2. The minimum atomic E-state index is -1.82. The van der Waals surface area contributed by atoms with E-state index >= 15 is 0 Å². The number of nitrogens with zero attached hydrogens (tertiary/aromatic N) is 1. The molecule has 0 aliphatic rings. The highest BCUT2D eigenvalue weighted by Gasteiger charge is 2.33. The standard InChI is InChI=1S/C29H45N9O11/c30-10-2-1-5-18(25(45)38-21(28(48)49)14-23(42)43)35-26(46)19(12-15-6-8-16(39)9-7-15)37-27(47)20(13-22(40)41)36-24(44)17(31)4-3-11-34-29(32)33/h6-9,17-21,39H,1-5,10-14,30-31H2,(H,35,46)(H,36,44)(H,37,47)(H,38,45)(H,40,41)(H,42,43)(H,48,49)(H4,32,33,34)/t17-,18-,19-,20-,21-/m0/s1. The molecule has 0 aliphatic heterocycles. The zero-order valence-corrected chi connectivity index (χ0v) is 26.7. The van der Waals surface area contributed by atoms with E-state index in [9.17, 15) is 48.9 Å². The number of phenolic OH excluding ortho intramolecular Hbond substituents is 1. The number of carbonyl (C=O) groups is 7. The van der Waals surface area contributed by atoms with Crippen molar-refractivity contribution in [1.82, 2.24) is 21.3 Å². The summed E-state index contributed by atoms with van der Waals surface area (Å²) in [5.41, 5.74) is 22.3. The van der Waals surface area contributed by atoms with Gasteiger partial charge in [0.05, 0.1) is 18.9 Å². The summed E-state index contributed by atoms with van der Waals surface area (Å²) in [4.78, 5) is 90.8. The van der Waals surface area contributed by atoms with Gasteiger partial charge in [-0.15, -0.1) is 0 Å². The number of carboxylic acids is 3. The first kappa shape index (κ1) is 41.5. The van der Waals surface area contributed by atoms with Gasteiger partial charge in [-0.3, -0.25) is 33.8 Å². The molecule has 1 aromatic rings. The quantitative estimate of drug-likeness (QED) is 0.0299. The molecule has 0 aliphatic carbocycles. The van der Waals surface area contributed by atoms with E-state index in [1.54, 1.807) is 0 Å². The molecule has 0 radical (unpaired) electrons. The fourth-order valence-electron chi connectivity index (χ4n) is 4.34. The molecule has 0 heterocycles. The van der Waals surface area contributed by atoms with Crippen LogP contribution in [0.4, 0.5) is 0 Å². The number of hydrogen-bond acceptors (Lipinski definition) is 11. The fourth-order valence-corrected chi connectivity index (χ4v) is 4.34. The van der Waals surface area contributed by atoms with Gasteiger partial charge in [-0.25, -0.2) is 4.79 Å². The van der Waals surface area contributed by atoms with Crippen molar-refractivity contribution in [3.63, 3.8) is 0 Å². The Morgan fingerprint density at radius 2 is 1.18 bits per heavy atom. The van der Waals surface area contributed by atoms with Gasteiger partial charge in [0.25, 0.3) is 0 Å². The summed E-state index contributed by atoms with van der Waals surface area (Å²) in [6, 6.07) is -2.08. The number of carboxylic acid groups (broad SMARTS) is 3. The summed E-state index contributed by atoms with van der Waals surface area (Å²) in [5, 5.41) is 46.7. The van der Waals surface area contributed by atoms with Crippen LogP contribution in [0.5, 0.6) is 5.75 Å². The molecular weight excluding hydrogens is 650 g/mol. The third-order valence-corrected chi connectivity index (χ3v) is 6.90. The average Bonchev–Trinajstić information content (AvgIpc) is 3.01. The first-order chi connectivity index (χ1) is 23.0. The Balaban J connectivity index is 3.29. The fraction of sp³-hybridized carbons (Fsp3) is 0.517. The van der Waals surface area contributed by atoms with Crippen LogP contribution in [-0.4, -0.2) is 111 Å². The monoisotopic (exact) mass is 695 g/mol. The Morgan fingerprint density at radius 1 is 0.673 bits per heavy atom. The van der Waals surface area contributed by atoms with Crippen molar-refractivity contribution in [1.29, 1.82) is 0 Å². The topological polar surface area (TPSA) is 365 Å². The molecule has 4 amide bonds. The second-order valence-corrected chi connectivity index (χ2v) is 11.0. The number of guanidine groups is 1. The van der Waals surface area contributed by atoms with Crippen LogP contribution in [-0.2, 0) is 40.0 Å². The smallest absolute Gasteiger partial charge is 0.326 e. The van der Waals surface area contributed by atoms with E-state index in [-0.39, 0.29) is 44.1 Å². The zero-order valence-electron chi connectivity index (χ0n) is 26.7. The number of unbranched alkanes of at least 4 members (excludes halogenated alkanes) is 1. The predicted octanol–water partition coefficient (Wildman–Crippen LogP) is -3.58. The molecule has 0 spiro atoms. The third kappa shape index (κ3) is 16.8. The maximum absolute atomic E-state index is 13.6. The Labute approximate surface area is 281 Å². The van der Waals surface area contributed by atoms with Gasteiger partial charge in [0.2, 0.25) is 23.6 Å². The van der Waals surface area contributed by atoms with Gasteiger partial charge in [0.1, 0.15) is 29.9 Å². The van der Waals surface area contributed by atoms with Crippen LogP contribution in [0.2, 0.25) is 0 Å². The molecule has 272 valence electrons. The number of aliphatic imine (C=N–C) groups is 1. The summed E-state index contributed by atoms with van der Waals surface area (Å²) in [6.45, 7) is 0.396. The van der Waals surface area contributed by atoms with E-state index in [1.165, 1.54) is 24.3 Å². The number of rotatable bonds is 23. The first-order valence-corrected chi connectivity index (χ1v) is 15.2. The van der Waals surface area contributed by atoms with E-state index in [4.69, 9.17) is 28.0 Å². The largest absolute Gasteiger partial charge is 0.508 e. The van der Waals surface area contributed by atoms with Crippen molar-refractivity contribution in [3.05, 3.63) is 29.8 Å². The van der Waals surface area contributed by atoms with Crippen molar-refractivity contribution in [2.75, 3.05) is 13.1 Å².